The van der Waals surface area contributed by atoms with Crippen molar-refractivity contribution in [2.45, 2.75) is 22.4 Å². The van der Waals surface area contributed by atoms with E-state index in [2.05, 4.69) is 0 Å². The van der Waals surface area contributed by atoms with Crippen molar-refractivity contribution in [3.63, 3.8) is 0 Å². The third-order valence-electron chi connectivity index (χ3n) is 1.75. The van der Waals surface area contributed by atoms with Crippen molar-refractivity contribution in [2.75, 3.05) is 0 Å². The summed E-state index contributed by atoms with van der Waals surface area (Å²) in [5.74, 6) is -0.470. The molecule has 4 heteroatoms. The zero-order chi connectivity index (χ0) is 10.6. The van der Waals surface area contributed by atoms with Crippen LogP contribution >= 0.6 is 23.4 Å². The molecule has 0 spiro atoms. The zero-order valence-corrected chi connectivity index (χ0v) is 9.39. The lowest BCUT2D eigenvalue weighted by Crippen LogP contribution is -2.30. The second-order valence-electron chi connectivity index (χ2n) is 2.94. The maximum atomic E-state index is 10.8. The van der Waals surface area contributed by atoms with Gasteiger partial charge in [-0.3, -0.25) is 4.79 Å². The van der Waals surface area contributed by atoms with Gasteiger partial charge >= 0.3 is 0 Å². The van der Waals surface area contributed by atoms with Gasteiger partial charge in [-0.25, -0.2) is 0 Å². The first-order chi connectivity index (χ1) is 6.61. The molecule has 0 bridgehead atoms. The summed E-state index contributed by atoms with van der Waals surface area (Å²) in [5.41, 5.74) is 5.11. The lowest BCUT2D eigenvalue weighted by Gasteiger charge is -2.14. The van der Waals surface area contributed by atoms with E-state index in [0.29, 0.717) is 0 Å². The summed E-state index contributed by atoms with van der Waals surface area (Å²) in [5, 5.41) is -0.642. The highest BCUT2D eigenvalue weighted by atomic mass is 35.5. The Bertz CT molecular complexity index is 304. The van der Waals surface area contributed by atoms with Crippen LogP contribution in [0.4, 0.5) is 0 Å². The summed E-state index contributed by atoms with van der Waals surface area (Å²) in [6.45, 7) is 1.89. The number of nitrogens with two attached hydrogens (primary N) is 1. The van der Waals surface area contributed by atoms with Crippen molar-refractivity contribution >= 4 is 29.3 Å². The van der Waals surface area contributed by atoms with Crippen molar-refractivity contribution in [1.82, 2.24) is 0 Å². The average molecular weight is 230 g/mol. The number of carbonyl (C=O) groups is 1. The summed E-state index contributed by atoms with van der Waals surface area (Å²) in [4.78, 5) is 11.9. The molecule has 2 N–H and O–H groups in total. The minimum atomic E-state index is -0.625. The number of hydrogen-bond acceptors (Lipinski definition) is 2. The Morgan fingerprint density at radius 2 is 2.00 bits per heavy atom. The SMILES string of the molecule is CC(Sc1ccccc1)C(Cl)C(N)=O. The number of thioether (sulfide) groups is 1. The summed E-state index contributed by atoms with van der Waals surface area (Å²) in [6, 6.07) is 9.80. The van der Waals surface area contributed by atoms with Crippen LogP contribution in [0.5, 0.6) is 0 Å². The van der Waals surface area contributed by atoms with E-state index in [1.165, 1.54) is 0 Å². The maximum Gasteiger partial charge on any atom is 0.236 e. The number of primary amides is 1. The van der Waals surface area contributed by atoms with Crippen LogP contribution in [0.2, 0.25) is 0 Å². The van der Waals surface area contributed by atoms with Gasteiger partial charge in [-0.2, -0.15) is 0 Å². The minimum Gasteiger partial charge on any atom is -0.368 e. The molecular weight excluding hydrogens is 218 g/mol. The summed E-state index contributed by atoms with van der Waals surface area (Å²) < 4.78 is 0. The Hall–Kier alpha value is -0.670. The van der Waals surface area contributed by atoms with E-state index < -0.39 is 11.3 Å². The molecular formula is C10H12ClNOS. The van der Waals surface area contributed by atoms with Crippen molar-refractivity contribution in [3.05, 3.63) is 30.3 Å². The first-order valence-electron chi connectivity index (χ1n) is 4.26. The predicted molar refractivity (Wildman–Crippen MR) is 60.6 cm³/mol. The zero-order valence-electron chi connectivity index (χ0n) is 7.81. The van der Waals surface area contributed by atoms with E-state index in [0.717, 1.165) is 4.90 Å². The monoisotopic (exact) mass is 229 g/mol. The molecule has 0 aliphatic heterocycles. The number of amides is 1. The lowest BCUT2D eigenvalue weighted by molar-refractivity contribution is -0.117. The van der Waals surface area contributed by atoms with Crippen LogP contribution < -0.4 is 5.73 Å². The molecule has 1 aromatic carbocycles. The molecule has 0 saturated carbocycles. The van der Waals surface area contributed by atoms with Gasteiger partial charge < -0.3 is 5.73 Å². The van der Waals surface area contributed by atoms with Crippen LogP contribution in [-0.4, -0.2) is 16.5 Å². The number of carbonyl (C=O) groups excluding carboxylic acids is 1. The van der Waals surface area contributed by atoms with Gasteiger partial charge in [0.15, 0.2) is 0 Å². The summed E-state index contributed by atoms with van der Waals surface area (Å²) in [7, 11) is 0. The molecule has 0 radical (unpaired) electrons. The van der Waals surface area contributed by atoms with Crippen molar-refractivity contribution in [2.24, 2.45) is 5.73 Å². The Morgan fingerprint density at radius 1 is 1.43 bits per heavy atom. The van der Waals surface area contributed by atoms with Gasteiger partial charge in [0.05, 0.1) is 0 Å². The fourth-order valence-electron chi connectivity index (χ4n) is 1.00. The van der Waals surface area contributed by atoms with Gasteiger partial charge in [-0.05, 0) is 12.1 Å². The largest absolute Gasteiger partial charge is 0.368 e. The third-order valence-corrected chi connectivity index (χ3v) is 3.68. The number of rotatable bonds is 4. The smallest absolute Gasteiger partial charge is 0.236 e. The molecule has 76 valence electrons. The molecule has 0 aliphatic rings. The highest BCUT2D eigenvalue weighted by molar-refractivity contribution is 8.00. The molecule has 0 aliphatic carbocycles. The standard InChI is InChI=1S/C10H12ClNOS/c1-7(9(11)10(12)13)14-8-5-3-2-4-6-8/h2-7,9H,1H3,(H2,12,13). The Labute approximate surface area is 92.8 Å². The number of alkyl halides is 1. The van der Waals surface area contributed by atoms with Crippen LogP contribution in [-0.2, 0) is 4.79 Å². The molecule has 0 fully saturated rings. The van der Waals surface area contributed by atoms with E-state index >= 15 is 0 Å². The topological polar surface area (TPSA) is 43.1 Å². The highest BCUT2D eigenvalue weighted by Gasteiger charge is 2.20. The second-order valence-corrected chi connectivity index (χ2v) is 4.86. The molecule has 2 atom stereocenters. The van der Waals surface area contributed by atoms with Gasteiger partial charge in [0.1, 0.15) is 5.38 Å². The first-order valence-corrected chi connectivity index (χ1v) is 5.58. The van der Waals surface area contributed by atoms with Crippen LogP contribution in [0.3, 0.4) is 0 Å². The molecule has 1 rings (SSSR count). The molecule has 1 amide bonds. The van der Waals surface area contributed by atoms with E-state index in [1.54, 1.807) is 11.8 Å². The quantitative estimate of drug-likeness (QED) is 0.636. The Balaban J connectivity index is 2.57. The molecule has 0 saturated heterocycles. The Morgan fingerprint density at radius 3 is 2.50 bits per heavy atom. The van der Waals surface area contributed by atoms with Crippen LogP contribution in [0.25, 0.3) is 0 Å². The maximum absolute atomic E-state index is 10.8. The molecule has 2 unspecified atom stereocenters. The van der Waals surface area contributed by atoms with Gasteiger partial charge in [0.25, 0.3) is 0 Å². The number of halogens is 1. The fraction of sp³-hybridized carbons (Fsp3) is 0.300. The Kier molecular flexibility index (Phi) is 4.29. The van der Waals surface area contributed by atoms with Crippen LogP contribution in [0.1, 0.15) is 6.92 Å². The van der Waals surface area contributed by atoms with Gasteiger partial charge in [-0.15, -0.1) is 23.4 Å². The van der Waals surface area contributed by atoms with E-state index in [-0.39, 0.29) is 5.25 Å². The third kappa shape index (κ3) is 3.24. The van der Waals surface area contributed by atoms with Crippen molar-refractivity contribution in [1.29, 1.82) is 0 Å². The van der Waals surface area contributed by atoms with E-state index in [9.17, 15) is 4.79 Å². The van der Waals surface area contributed by atoms with Crippen molar-refractivity contribution in [3.8, 4) is 0 Å². The van der Waals surface area contributed by atoms with Crippen molar-refractivity contribution < 1.29 is 4.79 Å². The minimum absolute atomic E-state index is 0.0171. The molecule has 0 aromatic heterocycles. The molecule has 14 heavy (non-hydrogen) atoms. The van der Waals surface area contributed by atoms with E-state index in [1.807, 2.05) is 37.3 Å². The molecule has 2 nitrogen and oxygen atoms in total. The number of benzene rings is 1. The lowest BCUT2D eigenvalue weighted by atomic mass is 10.3. The van der Waals surface area contributed by atoms with Crippen LogP contribution in [0.15, 0.2) is 35.2 Å². The normalized spacial score (nSPS) is 14.7. The molecule has 1 aromatic rings. The fourth-order valence-corrected chi connectivity index (χ4v) is 2.16. The predicted octanol–water partition coefficient (Wildman–Crippen LogP) is 2.26. The second kappa shape index (κ2) is 5.27. The van der Waals surface area contributed by atoms with E-state index in [4.69, 9.17) is 17.3 Å². The van der Waals surface area contributed by atoms with Gasteiger partial charge in [-0.1, -0.05) is 25.1 Å². The van der Waals surface area contributed by atoms with Crippen LogP contribution in [0, 0.1) is 0 Å². The van der Waals surface area contributed by atoms with Gasteiger partial charge in [0.2, 0.25) is 5.91 Å². The molecule has 0 heterocycles. The summed E-state index contributed by atoms with van der Waals surface area (Å²) >= 11 is 7.37. The summed E-state index contributed by atoms with van der Waals surface area (Å²) in [6.07, 6.45) is 0. The van der Waals surface area contributed by atoms with Gasteiger partial charge in [0, 0.05) is 10.1 Å². The average Bonchev–Trinajstić information content (AvgIpc) is 2.18. The number of hydrogen-bond donors (Lipinski definition) is 1. The first kappa shape index (κ1) is 11.4. The highest BCUT2D eigenvalue weighted by Crippen LogP contribution is 2.26.